The second-order valence-electron chi connectivity index (χ2n) is 1.85. The number of hydrazine groups is 1. The van der Waals surface area contributed by atoms with Crippen molar-refractivity contribution in [2.75, 3.05) is 6.54 Å². The van der Waals surface area contributed by atoms with Crippen LogP contribution in [0.4, 0.5) is 4.79 Å². The number of amides is 1. The lowest BCUT2D eigenvalue weighted by atomic mass is 10.4. The Labute approximate surface area is 47.2 Å². The molecule has 1 atom stereocenters. The number of carbonyl (C=O) groups is 1. The Morgan fingerprint density at radius 1 is 2.00 bits per heavy atom. The monoisotopic (exact) mass is 116 g/mol. The largest absolute Gasteiger partial charge is 0.444 e. The molecule has 46 valence electrons. The minimum Gasteiger partial charge on any atom is -0.444 e. The molecule has 0 aromatic carbocycles. The molecule has 4 nitrogen and oxygen atoms in total. The third kappa shape index (κ3) is 0.742. The highest BCUT2D eigenvalue weighted by Crippen LogP contribution is 2.04. The molecule has 0 aromatic rings. The Morgan fingerprint density at radius 3 is 2.75 bits per heavy atom. The summed E-state index contributed by atoms with van der Waals surface area (Å²) < 4.78 is 4.64. The Bertz CT molecular complexity index is 115. The standard InChI is InChI=1S/C4H8N2O2/c1-3-2-6(5)4(7)8-3/h3H,2,5H2,1H3. The number of hydrogen-bond acceptors (Lipinski definition) is 3. The minimum absolute atomic E-state index is 0.0486. The topological polar surface area (TPSA) is 55.6 Å². The van der Waals surface area contributed by atoms with E-state index in [0.717, 1.165) is 5.01 Å². The number of nitrogens with zero attached hydrogens (tertiary/aromatic N) is 1. The normalized spacial score (nSPS) is 28.5. The van der Waals surface area contributed by atoms with E-state index in [-0.39, 0.29) is 6.10 Å². The van der Waals surface area contributed by atoms with E-state index in [1.807, 2.05) is 0 Å². The van der Waals surface area contributed by atoms with Gasteiger partial charge in [-0.15, -0.1) is 0 Å². The highest BCUT2D eigenvalue weighted by Gasteiger charge is 2.24. The predicted molar refractivity (Wildman–Crippen MR) is 26.8 cm³/mol. The highest BCUT2D eigenvalue weighted by atomic mass is 16.6. The van der Waals surface area contributed by atoms with Crippen LogP contribution in [-0.2, 0) is 4.74 Å². The summed E-state index contributed by atoms with van der Waals surface area (Å²) >= 11 is 0. The van der Waals surface area contributed by atoms with E-state index in [9.17, 15) is 4.79 Å². The summed E-state index contributed by atoms with van der Waals surface area (Å²) in [5.74, 6) is 5.13. The van der Waals surface area contributed by atoms with Gasteiger partial charge in [0.1, 0.15) is 6.10 Å². The van der Waals surface area contributed by atoms with Crippen LogP contribution < -0.4 is 5.84 Å². The van der Waals surface area contributed by atoms with Gasteiger partial charge in [0, 0.05) is 0 Å². The smallest absolute Gasteiger partial charge is 0.424 e. The van der Waals surface area contributed by atoms with Crippen molar-refractivity contribution in [3.8, 4) is 0 Å². The first-order valence-electron chi connectivity index (χ1n) is 2.43. The number of nitrogens with two attached hydrogens (primary N) is 1. The van der Waals surface area contributed by atoms with Crippen molar-refractivity contribution in [1.82, 2.24) is 5.01 Å². The molecule has 0 spiro atoms. The molecule has 1 amide bonds. The van der Waals surface area contributed by atoms with Gasteiger partial charge in [-0.2, -0.15) is 0 Å². The van der Waals surface area contributed by atoms with Crippen molar-refractivity contribution in [2.24, 2.45) is 5.84 Å². The first-order chi connectivity index (χ1) is 3.70. The molecule has 8 heavy (non-hydrogen) atoms. The molecular weight excluding hydrogens is 108 g/mol. The van der Waals surface area contributed by atoms with E-state index in [2.05, 4.69) is 4.74 Å². The van der Waals surface area contributed by atoms with Gasteiger partial charge in [0.2, 0.25) is 0 Å². The summed E-state index contributed by atoms with van der Waals surface area (Å²) in [7, 11) is 0. The van der Waals surface area contributed by atoms with Crippen molar-refractivity contribution in [3.05, 3.63) is 0 Å². The lowest BCUT2D eigenvalue weighted by Crippen LogP contribution is -2.31. The van der Waals surface area contributed by atoms with Gasteiger partial charge in [-0.05, 0) is 6.92 Å². The van der Waals surface area contributed by atoms with Gasteiger partial charge in [-0.3, -0.25) is 0 Å². The van der Waals surface area contributed by atoms with Gasteiger partial charge in [0.25, 0.3) is 0 Å². The Balaban J connectivity index is 2.51. The zero-order valence-electron chi connectivity index (χ0n) is 4.63. The molecule has 1 fully saturated rings. The van der Waals surface area contributed by atoms with Crippen LogP contribution in [0.25, 0.3) is 0 Å². The van der Waals surface area contributed by atoms with Crippen LogP contribution in [0.1, 0.15) is 6.92 Å². The maximum absolute atomic E-state index is 10.4. The van der Waals surface area contributed by atoms with Crippen LogP contribution in [0.2, 0.25) is 0 Å². The van der Waals surface area contributed by atoms with Gasteiger partial charge >= 0.3 is 6.09 Å². The van der Waals surface area contributed by atoms with E-state index in [4.69, 9.17) is 5.84 Å². The van der Waals surface area contributed by atoms with Crippen LogP contribution in [-0.4, -0.2) is 23.8 Å². The van der Waals surface area contributed by atoms with Gasteiger partial charge in [-0.1, -0.05) is 0 Å². The van der Waals surface area contributed by atoms with Crippen molar-refractivity contribution in [1.29, 1.82) is 0 Å². The van der Waals surface area contributed by atoms with Crippen molar-refractivity contribution >= 4 is 6.09 Å². The molecule has 1 saturated heterocycles. The quantitative estimate of drug-likeness (QED) is 0.349. The molecule has 1 unspecified atom stereocenters. The van der Waals surface area contributed by atoms with Crippen molar-refractivity contribution < 1.29 is 9.53 Å². The maximum Gasteiger partial charge on any atom is 0.424 e. The summed E-state index contributed by atoms with van der Waals surface area (Å²) in [6.45, 7) is 2.30. The van der Waals surface area contributed by atoms with Gasteiger partial charge in [-0.25, -0.2) is 15.6 Å². The Morgan fingerprint density at radius 2 is 2.62 bits per heavy atom. The van der Waals surface area contributed by atoms with Crippen LogP contribution in [0.5, 0.6) is 0 Å². The van der Waals surface area contributed by atoms with Crippen LogP contribution in [0.3, 0.4) is 0 Å². The zero-order valence-corrected chi connectivity index (χ0v) is 4.63. The summed E-state index contributed by atoms with van der Waals surface area (Å²) in [6.07, 6.45) is -0.481. The predicted octanol–water partition coefficient (Wildman–Crippen LogP) is -0.299. The minimum atomic E-state index is -0.433. The molecule has 0 radical (unpaired) electrons. The number of carbonyl (C=O) groups excluding carboxylic acids is 1. The second kappa shape index (κ2) is 1.63. The van der Waals surface area contributed by atoms with Crippen LogP contribution >= 0.6 is 0 Å². The Hall–Kier alpha value is -0.770. The fourth-order valence-corrected chi connectivity index (χ4v) is 0.629. The number of rotatable bonds is 0. The Kier molecular flexibility index (Phi) is 1.09. The second-order valence-corrected chi connectivity index (χ2v) is 1.85. The molecule has 1 aliphatic heterocycles. The number of hydrogen-bond donors (Lipinski definition) is 1. The van der Waals surface area contributed by atoms with Crippen LogP contribution in [0, 0.1) is 0 Å². The average Bonchev–Trinajstić information content (AvgIpc) is 1.85. The fourth-order valence-electron chi connectivity index (χ4n) is 0.629. The molecule has 0 aromatic heterocycles. The summed E-state index contributed by atoms with van der Waals surface area (Å²) in [6, 6.07) is 0. The molecule has 1 aliphatic rings. The van der Waals surface area contributed by atoms with E-state index in [1.54, 1.807) is 6.92 Å². The van der Waals surface area contributed by atoms with E-state index >= 15 is 0 Å². The first-order valence-corrected chi connectivity index (χ1v) is 2.43. The van der Waals surface area contributed by atoms with E-state index in [0.29, 0.717) is 6.54 Å². The average molecular weight is 116 g/mol. The fraction of sp³-hybridized carbons (Fsp3) is 0.750. The molecule has 0 aliphatic carbocycles. The SMILES string of the molecule is CC1CN(N)C(=O)O1. The van der Waals surface area contributed by atoms with Crippen molar-refractivity contribution in [2.45, 2.75) is 13.0 Å². The molecule has 4 heteroatoms. The molecule has 0 saturated carbocycles. The summed E-state index contributed by atoms with van der Waals surface area (Å²) in [5, 5.41) is 1.06. The van der Waals surface area contributed by atoms with Gasteiger partial charge < -0.3 is 4.74 Å². The lowest BCUT2D eigenvalue weighted by molar-refractivity contribution is 0.138. The molecule has 1 heterocycles. The van der Waals surface area contributed by atoms with E-state index in [1.165, 1.54) is 0 Å². The first kappa shape index (κ1) is 5.37. The highest BCUT2D eigenvalue weighted by molar-refractivity contribution is 5.68. The van der Waals surface area contributed by atoms with E-state index < -0.39 is 6.09 Å². The maximum atomic E-state index is 10.4. The lowest BCUT2D eigenvalue weighted by Gasteiger charge is -1.99. The van der Waals surface area contributed by atoms with Crippen LogP contribution in [0.15, 0.2) is 0 Å². The van der Waals surface area contributed by atoms with Crippen molar-refractivity contribution in [3.63, 3.8) is 0 Å². The summed E-state index contributed by atoms with van der Waals surface area (Å²) in [5.41, 5.74) is 0. The zero-order chi connectivity index (χ0) is 6.15. The molecule has 1 rings (SSSR count). The number of ether oxygens (including phenoxy) is 1. The third-order valence-corrected chi connectivity index (χ3v) is 0.990. The van der Waals surface area contributed by atoms with Gasteiger partial charge in [0.15, 0.2) is 0 Å². The molecular formula is C4H8N2O2. The van der Waals surface area contributed by atoms with Gasteiger partial charge in [0.05, 0.1) is 6.54 Å². The third-order valence-electron chi connectivity index (χ3n) is 0.990. The summed E-state index contributed by atoms with van der Waals surface area (Å²) in [4.78, 5) is 10.4. The number of cyclic esters (lactones) is 1. The molecule has 2 N–H and O–H groups in total. The molecule has 0 bridgehead atoms.